The molecule has 2 N–H and O–H groups in total. The van der Waals surface area contributed by atoms with Gasteiger partial charge in [0.25, 0.3) is 0 Å². The Labute approximate surface area is 113 Å². The summed E-state index contributed by atoms with van der Waals surface area (Å²) in [5, 5.41) is 17.8. The third kappa shape index (κ3) is 3.00. The molecule has 19 heavy (non-hydrogen) atoms. The van der Waals surface area contributed by atoms with Gasteiger partial charge in [-0.05, 0) is 18.8 Å². The Morgan fingerprint density at radius 3 is 2.53 bits per heavy atom. The molecule has 2 fully saturated rings. The first-order valence-corrected chi connectivity index (χ1v) is 6.90. The number of carboxylic acids is 1. The average Bonchev–Trinajstić information content (AvgIpc) is 2.75. The lowest BCUT2D eigenvalue weighted by molar-refractivity contribution is -0.144. The second kappa shape index (κ2) is 5.77. The summed E-state index contributed by atoms with van der Waals surface area (Å²) in [4.78, 5) is 26.5. The molecule has 0 radical (unpaired) electrons. The highest BCUT2D eigenvalue weighted by Gasteiger charge is 2.39. The summed E-state index contributed by atoms with van der Waals surface area (Å²) in [5.41, 5.74) is 0. The van der Waals surface area contributed by atoms with Gasteiger partial charge < -0.3 is 20.0 Å². The van der Waals surface area contributed by atoms with Crippen molar-refractivity contribution in [1.82, 2.24) is 9.80 Å². The quantitative estimate of drug-likeness (QED) is 0.778. The van der Waals surface area contributed by atoms with Crippen molar-refractivity contribution in [2.24, 2.45) is 17.8 Å². The van der Waals surface area contributed by atoms with Crippen molar-refractivity contribution in [2.45, 2.75) is 19.8 Å². The van der Waals surface area contributed by atoms with E-state index < -0.39 is 5.97 Å². The SMILES string of the molecule is CC(C(=O)O)C1CN(C(=O)N2CCC(CCO)C2)C1. The largest absolute Gasteiger partial charge is 0.481 e. The summed E-state index contributed by atoms with van der Waals surface area (Å²) in [6, 6.07) is 0.0225. The molecule has 0 bridgehead atoms. The Morgan fingerprint density at radius 2 is 1.95 bits per heavy atom. The number of carbonyl (C=O) groups excluding carboxylic acids is 1. The van der Waals surface area contributed by atoms with Gasteiger partial charge in [-0.2, -0.15) is 0 Å². The molecule has 0 saturated carbocycles. The first kappa shape index (κ1) is 14.1. The molecule has 2 rings (SSSR count). The minimum atomic E-state index is -0.790. The molecule has 2 unspecified atom stereocenters. The van der Waals surface area contributed by atoms with E-state index in [4.69, 9.17) is 10.2 Å². The van der Waals surface area contributed by atoms with Crippen molar-refractivity contribution >= 4 is 12.0 Å². The normalized spacial score (nSPS) is 25.3. The summed E-state index contributed by atoms with van der Waals surface area (Å²) in [5.74, 6) is -0.688. The van der Waals surface area contributed by atoms with Gasteiger partial charge in [0.1, 0.15) is 0 Å². The number of aliphatic carboxylic acids is 1. The maximum atomic E-state index is 12.2. The van der Waals surface area contributed by atoms with Gasteiger partial charge in [-0.25, -0.2) is 4.79 Å². The van der Waals surface area contributed by atoms with Crippen molar-refractivity contribution < 1.29 is 19.8 Å². The first-order valence-electron chi connectivity index (χ1n) is 6.90. The molecule has 2 aliphatic rings. The average molecular weight is 270 g/mol. The number of rotatable bonds is 4. The van der Waals surface area contributed by atoms with Crippen LogP contribution in [0.3, 0.4) is 0 Å². The fourth-order valence-electron chi connectivity index (χ4n) is 2.81. The molecule has 0 spiro atoms. The molecule has 2 atom stereocenters. The van der Waals surface area contributed by atoms with E-state index in [2.05, 4.69) is 0 Å². The van der Waals surface area contributed by atoms with Crippen LogP contribution in [0.1, 0.15) is 19.8 Å². The van der Waals surface area contributed by atoms with E-state index in [-0.39, 0.29) is 24.5 Å². The van der Waals surface area contributed by atoms with Crippen molar-refractivity contribution in [2.75, 3.05) is 32.8 Å². The van der Waals surface area contributed by atoms with Gasteiger partial charge >= 0.3 is 12.0 Å². The van der Waals surface area contributed by atoms with E-state index in [1.807, 2.05) is 4.90 Å². The zero-order chi connectivity index (χ0) is 14.0. The van der Waals surface area contributed by atoms with Crippen LogP contribution in [0.5, 0.6) is 0 Å². The molecule has 2 heterocycles. The van der Waals surface area contributed by atoms with Gasteiger partial charge in [-0.1, -0.05) is 6.92 Å². The number of likely N-dealkylation sites (tertiary alicyclic amines) is 2. The Bertz CT molecular complexity index is 355. The van der Waals surface area contributed by atoms with Gasteiger partial charge in [0.05, 0.1) is 5.92 Å². The van der Waals surface area contributed by atoms with Crippen molar-refractivity contribution in [1.29, 1.82) is 0 Å². The Hall–Kier alpha value is -1.30. The lowest BCUT2D eigenvalue weighted by Gasteiger charge is -2.42. The lowest BCUT2D eigenvalue weighted by atomic mass is 9.87. The molecule has 2 aliphatic heterocycles. The second-order valence-electron chi connectivity index (χ2n) is 5.69. The zero-order valence-electron chi connectivity index (χ0n) is 11.3. The summed E-state index contributed by atoms with van der Waals surface area (Å²) < 4.78 is 0. The van der Waals surface area contributed by atoms with Gasteiger partial charge in [0.2, 0.25) is 0 Å². The molecule has 108 valence electrons. The molecule has 0 aromatic heterocycles. The van der Waals surface area contributed by atoms with E-state index in [1.54, 1.807) is 11.8 Å². The number of aliphatic hydroxyl groups excluding tert-OH is 1. The molecular formula is C13H22N2O4. The van der Waals surface area contributed by atoms with Crippen molar-refractivity contribution in [3.8, 4) is 0 Å². The number of amides is 2. The van der Waals surface area contributed by atoms with Crippen LogP contribution in [0.15, 0.2) is 0 Å². The van der Waals surface area contributed by atoms with Gasteiger partial charge in [0.15, 0.2) is 0 Å². The summed E-state index contributed by atoms with van der Waals surface area (Å²) >= 11 is 0. The highest BCUT2D eigenvalue weighted by Crippen LogP contribution is 2.27. The summed E-state index contributed by atoms with van der Waals surface area (Å²) in [6.07, 6.45) is 1.71. The highest BCUT2D eigenvalue weighted by atomic mass is 16.4. The Morgan fingerprint density at radius 1 is 1.26 bits per heavy atom. The van der Waals surface area contributed by atoms with E-state index in [0.29, 0.717) is 19.0 Å². The number of aliphatic hydroxyl groups is 1. The van der Waals surface area contributed by atoms with Crippen molar-refractivity contribution in [3.05, 3.63) is 0 Å². The molecule has 0 aromatic carbocycles. The fraction of sp³-hybridized carbons (Fsp3) is 0.846. The topological polar surface area (TPSA) is 81.1 Å². The number of hydrogen-bond donors (Lipinski definition) is 2. The fourth-order valence-corrected chi connectivity index (χ4v) is 2.81. The Kier molecular flexibility index (Phi) is 4.29. The number of nitrogens with zero attached hydrogens (tertiary/aromatic N) is 2. The maximum absolute atomic E-state index is 12.2. The molecule has 2 amide bonds. The first-order chi connectivity index (χ1) is 9.02. The van der Waals surface area contributed by atoms with Crippen LogP contribution in [0.25, 0.3) is 0 Å². The Balaban J connectivity index is 1.76. The number of carbonyl (C=O) groups is 2. The van der Waals surface area contributed by atoms with Crippen molar-refractivity contribution in [3.63, 3.8) is 0 Å². The third-order valence-electron chi connectivity index (χ3n) is 4.37. The lowest BCUT2D eigenvalue weighted by Crippen LogP contribution is -2.57. The summed E-state index contributed by atoms with van der Waals surface area (Å²) in [7, 11) is 0. The van der Waals surface area contributed by atoms with E-state index in [1.165, 1.54) is 0 Å². The molecule has 6 heteroatoms. The predicted octanol–water partition coefficient (Wildman–Crippen LogP) is 0.463. The van der Waals surface area contributed by atoms with Crippen LogP contribution < -0.4 is 0 Å². The predicted molar refractivity (Wildman–Crippen MR) is 68.6 cm³/mol. The minimum Gasteiger partial charge on any atom is -0.481 e. The highest BCUT2D eigenvalue weighted by molar-refractivity contribution is 5.76. The summed E-state index contributed by atoms with van der Waals surface area (Å²) in [6.45, 7) is 4.44. The van der Waals surface area contributed by atoms with E-state index in [9.17, 15) is 9.59 Å². The zero-order valence-corrected chi connectivity index (χ0v) is 11.3. The molecule has 2 saturated heterocycles. The van der Waals surface area contributed by atoms with Gasteiger partial charge in [0, 0.05) is 38.7 Å². The minimum absolute atomic E-state index is 0.0225. The molecule has 0 aromatic rings. The van der Waals surface area contributed by atoms with Crippen LogP contribution in [0.4, 0.5) is 4.79 Å². The number of hydrogen-bond acceptors (Lipinski definition) is 3. The van der Waals surface area contributed by atoms with Crippen LogP contribution in [-0.2, 0) is 4.79 Å². The second-order valence-corrected chi connectivity index (χ2v) is 5.69. The third-order valence-corrected chi connectivity index (χ3v) is 4.37. The van der Waals surface area contributed by atoms with Gasteiger partial charge in [-0.15, -0.1) is 0 Å². The maximum Gasteiger partial charge on any atom is 0.320 e. The smallest absolute Gasteiger partial charge is 0.320 e. The molecular weight excluding hydrogens is 248 g/mol. The van der Waals surface area contributed by atoms with Crippen LogP contribution in [0, 0.1) is 17.8 Å². The van der Waals surface area contributed by atoms with Crippen LogP contribution in [0.2, 0.25) is 0 Å². The number of carboxylic acid groups (broad SMARTS) is 1. The van der Waals surface area contributed by atoms with Gasteiger partial charge in [-0.3, -0.25) is 4.79 Å². The molecule has 6 nitrogen and oxygen atoms in total. The monoisotopic (exact) mass is 270 g/mol. The van der Waals surface area contributed by atoms with E-state index in [0.717, 1.165) is 25.9 Å². The number of urea groups is 1. The standard InChI is InChI=1S/C13H22N2O4/c1-9(12(17)18)11-7-15(8-11)13(19)14-4-2-10(6-14)3-5-16/h9-11,16H,2-8H2,1H3,(H,17,18). The van der Waals surface area contributed by atoms with Crippen LogP contribution in [-0.4, -0.2) is 64.8 Å². The van der Waals surface area contributed by atoms with E-state index >= 15 is 0 Å². The molecule has 0 aliphatic carbocycles. The van der Waals surface area contributed by atoms with Crippen LogP contribution >= 0.6 is 0 Å².